The van der Waals surface area contributed by atoms with Crippen molar-refractivity contribution in [3.63, 3.8) is 0 Å². The van der Waals surface area contributed by atoms with Gasteiger partial charge in [0.05, 0.1) is 0 Å². The van der Waals surface area contributed by atoms with E-state index in [1.54, 1.807) is 0 Å². The van der Waals surface area contributed by atoms with E-state index in [4.69, 9.17) is 0 Å². The van der Waals surface area contributed by atoms with E-state index in [0.717, 1.165) is 0 Å². The molecule has 4 aromatic carbocycles. The molecule has 0 saturated carbocycles. The lowest BCUT2D eigenvalue weighted by Gasteiger charge is -2.09. The largest absolute Gasteiger partial charge is 0.0616 e. The zero-order valence-corrected chi connectivity index (χ0v) is 20.1. The van der Waals surface area contributed by atoms with Crippen LogP contribution in [0, 0.1) is 41.5 Å². The Balaban J connectivity index is 1.77. The fourth-order valence-electron chi connectivity index (χ4n) is 4.27. The fraction of sp³-hybridized carbons (Fsp3) is 0.188. The molecule has 0 bridgehead atoms. The molecule has 4 rings (SSSR count). The molecule has 0 unspecified atom stereocenters. The van der Waals surface area contributed by atoms with E-state index < -0.39 is 0 Å². The molecule has 0 fully saturated rings. The minimum absolute atomic E-state index is 1.23. The summed E-state index contributed by atoms with van der Waals surface area (Å²) in [7, 11) is 0. The Morgan fingerprint density at radius 2 is 0.781 bits per heavy atom. The van der Waals surface area contributed by atoms with Crippen LogP contribution in [-0.2, 0) is 0 Å². The van der Waals surface area contributed by atoms with Gasteiger partial charge in [-0.3, -0.25) is 0 Å². The van der Waals surface area contributed by atoms with E-state index in [1.807, 2.05) is 0 Å². The molecule has 160 valence electrons. The lowest BCUT2D eigenvalue weighted by molar-refractivity contribution is 1.26. The maximum atomic E-state index is 2.30. The van der Waals surface area contributed by atoms with Crippen molar-refractivity contribution >= 4 is 35.1 Å². The molecule has 0 radical (unpaired) electrons. The molecular formula is C32H32. The number of aryl methyl sites for hydroxylation is 4. The third-order valence-corrected chi connectivity index (χ3v) is 6.76. The predicted octanol–water partition coefficient (Wildman–Crippen LogP) is 9.03. The van der Waals surface area contributed by atoms with Crippen LogP contribution < -0.4 is 0 Å². The number of fused-ring (bicyclic) bond motifs is 1. The number of hydrogen-bond acceptors (Lipinski definition) is 0. The summed E-state index contributed by atoms with van der Waals surface area (Å²) >= 11 is 0. The minimum atomic E-state index is 1.23. The highest BCUT2D eigenvalue weighted by atomic mass is 14.1. The second-order valence-corrected chi connectivity index (χ2v) is 9.05. The van der Waals surface area contributed by atoms with Crippen molar-refractivity contribution in [2.45, 2.75) is 41.5 Å². The topological polar surface area (TPSA) is 0 Å². The molecule has 0 atom stereocenters. The van der Waals surface area contributed by atoms with Gasteiger partial charge in [0.25, 0.3) is 0 Å². The molecular weight excluding hydrogens is 384 g/mol. The summed E-state index contributed by atoms with van der Waals surface area (Å²) in [5.74, 6) is 0. The molecule has 0 amide bonds. The summed E-state index contributed by atoms with van der Waals surface area (Å²) in [5, 5.41) is 2.53. The molecule has 0 nitrogen and oxygen atoms in total. The second-order valence-electron chi connectivity index (χ2n) is 9.05. The number of benzene rings is 4. The highest BCUT2D eigenvalue weighted by Gasteiger charge is 2.04. The van der Waals surface area contributed by atoms with E-state index in [1.165, 1.54) is 66.4 Å². The van der Waals surface area contributed by atoms with E-state index in [0.29, 0.717) is 0 Å². The highest BCUT2D eigenvalue weighted by molar-refractivity contribution is 5.91. The summed E-state index contributed by atoms with van der Waals surface area (Å²) in [6, 6.07) is 22.3. The molecule has 0 saturated heterocycles. The van der Waals surface area contributed by atoms with Crippen LogP contribution in [0.25, 0.3) is 35.1 Å². The third kappa shape index (κ3) is 4.60. The second kappa shape index (κ2) is 9.01. The Morgan fingerprint density at radius 1 is 0.438 bits per heavy atom. The maximum absolute atomic E-state index is 2.30. The van der Waals surface area contributed by atoms with Gasteiger partial charge in [0.2, 0.25) is 0 Å². The Morgan fingerprint density at radius 3 is 1.12 bits per heavy atom. The quantitative estimate of drug-likeness (QED) is 0.291. The summed E-state index contributed by atoms with van der Waals surface area (Å²) in [6.07, 6.45) is 8.98. The van der Waals surface area contributed by atoms with Gasteiger partial charge in [-0.2, -0.15) is 0 Å². The summed E-state index contributed by atoms with van der Waals surface area (Å²) < 4.78 is 0. The van der Waals surface area contributed by atoms with Crippen molar-refractivity contribution < 1.29 is 0 Å². The Bertz CT molecular complexity index is 1210. The van der Waals surface area contributed by atoms with Gasteiger partial charge >= 0.3 is 0 Å². The standard InChI is InChI=1S/C32H32/c1-21-15-27(16-22(2)25(21)5)11-13-31-19-29-9-7-8-10-30(29)20-32(31)14-12-28-17-23(3)26(6)24(4)18-28/h7-20H,1-6H3. The first-order chi connectivity index (χ1) is 15.3. The van der Waals surface area contributed by atoms with Gasteiger partial charge in [0.15, 0.2) is 0 Å². The van der Waals surface area contributed by atoms with Crippen molar-refractivity contribution in [1.29, 1.82) is 0 Å². The van der Waals surface area contributed by atoms with Gasteiger partial charge in [0, 0.05) is 0 Å². The van der Waals surface area contributed by atoms with Gasteiger partial charge in [-0.15, -0.1) is 0 Å². The summed E-state index contributed by atoms with van der Waals surface area (Å²) in [6.45, 7) is 13.1. The Kier molecular flexibility index (Phi) is 6.15. The molecule has 0 aliphatic heterocycles. The molecule has 0 heterocycles. The first kappa shape index (κ1) is 21.8. The molecule has 0 heteroatoms. The molecule has 4 aromatic rings. The highest BCUT2D eigenvalue weighted by Crippen LogP contribution is 2.25. The van der Waals surface area contributed by atoms with E-state index >= 15 is 0 Å². The van der Waals surface area contributed by atoms with Crippen LogP contribution in [0.3, 0.4) is 0 Å². The predicted molar refractivity (Wildman–Crippen MR) is 143 cm³/mol. The Hall–Kier alpha value is -3.38. The first-order valence-corrected chi connectivity index (χ1v) is 11.4. The fourth-order valence-corrected chi connectivity index (χ4v) is 4.27. The number of rotatable bonds is 4. The van der Waals surface area contributed by atoms with Gasteiger partial charge in [-0.05, 0) is 120 Å². The van der Waals surface area contributed by atoms with Crippen LogP contribution in [-0.4, -0.2) is 0 Å². The van der Waals surface area contributed by atoms with Gasteiger partial charge in [-0.1, -0.05) is 72.8 Å². The summed E-state index contributed by atoms with van der Waals surface area (Å²) in [4.78, 5) is 0. The zero-order valence-electron chi connectivity index (χ0n) is 20.1. The first-order valence-electron chi connectivity index (χ1n) is 11.4. The lowest BCUT2D eigenvalue weighted by atomic mass is 9.96. The third-order valence-electron chi connectivity index (χ3n) is 6.76. The van der Waals surface area contributed by atoms with Crippen molar-refractivity contribution in [2.24, 2.45) is 0 Å². The van der Waals surface area contributed by atoms with Crippen molar-refractivity contribution in [3.8, 4) is 0 Å². The molecule has 0 aliphatic rings. The molecule has 32 heavy (non-hydrogen) atoms. The molecule has 0 aromatic heterocycles. The van der Waals surface area contributed by atoms with Gasteiger partial charge in [0.1, 0.15) is 0 Å². The van der Waals surface area contributed by atoms with Crippen molar-refractivity contribution in [3.05, 3.63) is 116 Å². The monoisotopic (exact) mass is 416 g/mol. The van der Waals surface area contributed by atoms with Gasteiger partial charge < -0.3 is 0 Å². The van der Waals surface area contributed by atoms with E-state index in [2.05, 4.69) is 127 Å². The van der Waals surface area contributed by atoms with Crippen LogP contribution in [0.1, 0.15) is 55.6 Å². The Labute approximate surface area is 192 Å². The van der Waals surface area contributed by atoms with Crippen molar-refractivity contribution in [2.75, 3.05) is 0 Å². The number of hydrogen-bond donors (Lipinski definition) is 0. The maximum Gasteiger partial charge on any atom is -0.0177 e. The molecule has 0 N–H and O–H groups in total. The smallest absolute Gasteiger partial charge is 0.0177 e. The summed E-state index contributed by atoms with van der Waals surface area (Å²) in [5.41, 5.74) is 13.1. The van der Waals surface area contributed by atoms with E-state index in [9.17, 15) is 0 Å². The van der Waals surface area contributed by atoms with Crippen LogP contribution in [0.4, 0.5) is 0 Å². The minimum Gasteiger partial charge on any atom is -0.0616 e. The lowest BCUT2D eigenvalue weighted by Crippen LogP contribution is -1.89. The molecule has 0 spiro atoms. The van der Waals surface area contributed by atoms with Crippen LogP contribution >= 0.6 is 0 Å². The SMILES string of the molecule is Cc1cc(C=Cc2cc3ccccc3cc2C=Cc2cc(C)c(C)c(C)c2)cc(C)c1C. The average molecular weight is 417 g/mol. The zero-order chi connectivity index (χ0) is 22.8. The van der Waals surface area contributed by atoms with Crippen LogP contribution in [0.5, 0.6) is 0 Å². The van der Waals surface area contributed by atoms with Gasteiger partial charge in [-0.25, -0.2) is 0 Å². The molecule has 0 aliphatic carbocycles. The average Bonchev–Trinajstić information content (AvgIpc) is 2.77. The van der Waals surface area contributed by atoms with Crippen LogP contribution in [0.15, 0.2) is 60.7 Å². The van der Waals surface area contributed by atoms with E-state index in [-0.39, 0.29) is 0 Å². The normalized spacial score (nSPS) is 11.8. The van der Waals surface area contributed by atoms with Crippen LogP contribution in [0.2, 0.25) is 0 Å². The van der Waals surface area contributed by atoms with Crippen molar-refractivity contribution in [1.82, 2.24) is 0 Å².